The van der Waals surface area contributed by atoms with Gasteiger partial charge in [0.1, 0.15) is 0 Å². The van der Waals surface area contributed by atoms with Gasteiger partial charge < -0.3 is 10.1 Å². The highest BCUT2D eigenvalue weighted by molar-refractivity contribution is 4.76. The molecule has 0 radical (unpaired) electrons. The van der Waals surface area contributed by atoms with Gasteiger partial charge in [-0.3, -0.25) is 0 Å². The maximum atomic E-state index is 12.3. The van der Waals surface area contributed by atoms with Gasteiger partial charge in [0.2, 0.25) is 0 Å². The first-order valence-electron chi connectivity index (χ1n) is 4.84. The number of hydrogen-bond donors (Lipinski definition) is 1. The van der Waals surface area contributed by atoms with E-state index in [0.29, 0.717) is 0 Å². The van der Waals surface area contributed by atoms with E-state index in [-0.39, 0.29) is 12.3 Å². The number of alkyl halides is 3. The van der Waals surface area contributed by atoms with Crippen LogP contribution in [0.5, 0.6) is 0 Å². The van der Waals surface area contributed by atoms with Crippen molar-refractivity contribution in [3.63, 3.8) is 0 Å². The zero-order valence-corrected chi connectivity index (χ0v) is 8.23. The Hall–Kier alpha value is -0.290. The van der Waals surface area contributed by atoms with Crippen LogP contribution in [-0.4, -0.2) is 32.5 Å². The van der Waals surface area contributed by atoms with E-state index < -0.39 is 12.3 Å². The molecule has 0 aromatic heterocycles. The zero-order valence-electron chi connectivity index (χ0n) is 8.23. The predicted octanol–water partition coefficient (Wildman–Crippen LogP) is 1.95. The van der Waals surface area contributed by atoms with Gasteiger partial charge in [0, 0.05) is 7.11 Å². The third-order valence-electron chi connectivity index (χ3n) is 2.66. The van der Waals surface area contributed by atoms with Crippen molar-refractivity contribution in [2.45, 2.75) is 31.5 Å². The molecule has 1 fully saturated rings. The van der Waals surface area contributed by atoms with E-state index in [1.54, 1.807) is 0 Å². The summed E-state index contributed by atoms with van der Waals surface area (Å²) in [5.41, 5.74) is 0. The Labute approximate surface area is 81.8 Å². The topological polar surface area (TPSA) is 21.3 Å². The summed E-state index contributed by atoms with van der Waals surface area (Å²) in [4.78, 5) is 0. The SMILES string of the molecule is COC(CC1CCNCC1)C(F)(F)F. The molecule has 14 heavy (non-hydrogen) atoms. The van der Waals surface area contributed by atoms with Crippen molar-refractivity contribution in [1.82, 2.24) is 5.32 Å². The normalized spacial score (nSPS) is 22.3. The molecule has 1 unspecified atom stereocenters. The van der Waals surface area contributed by atoms with Gasteiger partial charge in [-0.2, -0.15) is 13.2 Å². The van der Waals surface area contributed by atoms with E-state index in [9.17, 15) is 13.2 Å². The molecule has 0 amide bonds. The minimum Gasteiger partial charge on any atom is -0.372 e. The lowest BCUT2D eigenvalue weighted by atomic mass is 9.92. The van der Waals surface area contributed by atoms with Gasteiger partial charge in [0.05, 0.1) is 0 Å². The van der Waals surface area contributed by atoms with Crippen molar-refractivity contribution in [3.8, 4) is 0 Å². The van der Waals surface area contributed by atoms with Crippen LogP contribution in [0.2, 0.25) is 0 Å². The Bertz CT molecular complexity index is 166. The Morgan fingerprint density at radius 2 is 1.93 bits per heavy atom. The second-order valence-corrected chi connectivity index (χ2v) is 3.70. The fourth-order valence-electron chi connectivity index (χ4n) is 1.78. The Morgan fingerprint density at radius 1 is 1.36 bits per heavy atom. The van der Waals surface area contributed by atoms with Crippen LogP contribution in [0.4, 0.5) is 13.2 Å². The first kappa shape index (κ1) is 11.8. The van der Waals surface area contributed by atoms with Crippen LogP contribution in [0.3, 0.4) is 0 Å². The van der Waals surface area contributed by atoms with Crippen LogP contribution in [-0.2, 0) is 4.74 Å². The molecule has 2 nitrogen and oxygen atoms in total. The number of piperidine rings is 1. The molecule has 84 valence electrons. The second-order valence-electron chi connectivity index (χ2n) is 3.70. The van der Waals surface area contributed by atoms with Gasteiger partial charge in [-0.1, -0.05) is 0 Å². The van der Waals surface area contributed by atoms with E-state index in [0.717, 1.165) is 33.0 Å². The zero-order chi connectivity index (χ0) is 10.6. The highest BCUT2D eigenvalue weighted by Crippen LogP contribution is 2.30. The molecule has 0 aromatic carbocycles. The molecule has 1 atom stereocenters. The number of nitrogens with one attached hydrogen (secondary N) is 1. The number of halogens is 3. The van der Waals surface area contributed by atoms with Crippen LogP contribution in [0.25, 0.3) is 0 Å². The average molecular weight is 211 g/mol. The first-order chi connectivity index (χ1) is 6.54. The summed E-state index contributed by atoms with van der Waals surface area (Å²) in [5.74, 6) is 0.142. The summed E-state index contributed by atoms with van der Waals surface area (Å²) in [6.45, 7) is 1.64. The van der Waals surface area contributed by atoms with E-state index >= 15 is 0 Å². The number of ether oxygens (including phenoxy) is 1. The quantitative estimate of drug-likeness (QED) is 0.770. The van der Waals surface area contributed by atoms with Crippen molar-refractivity contribution in [2.75, 3.05) is 20.2 Å². The molecule has 0 aromatic rings. The van der Waals surface area contributed by atoms with E-state index in [2.05, 4.69) is 10.1 Å². The third-order valence-corrected chi connectivity index (χ3v) is 2.66. The monoisotopic (exact) mass is 211 g/mol. The summed E-state index contributed by atoms with van der Waals surface area (Å²) in [5, 5.41) is 3.12. The maximum absolute atomic E-state index is 12.3. The molecule has 0 spiro atoms. The molecule has 1 aliphatic rings. The van der Waals surface area contributed by atoms with Crippen LogP contribution >= 0.6 is 0 Å². The van der Waals surface area contributed by atoms with Crippen molar-refractivity contribution in [2.24, 2.45) is 5.92 Å². The summed E-state index contributed by atoms with van der Waals surface area (Å²) < 4.78 is 41.5. The largest absolute Gasteiger partial charge is 0.414 e. The van der Waals surface area contributed by atoms with Crippen molar-refractivity contribution >= 4 is 0 Å². The fraction of sp³-hybridized carbons (Fsp3) is 1.00. The van der Waals surface area contributed by atoms with Gasteiger partial charge in [0.15, 0.2) is 6.10 Å². The molecule has 1 aliphatic heterocycles. The van der Waals surface area contributed by atoms with Crippen LogP contribution < -0.4 is 5.32 Å². The van der Waals surface area contributed by atoms with Crippen LogP contribution in [0.1, 0.15) is 19.3 Å². The molecule has 1 heterocycles. The molecular weight excluding hydrogens is 195 g/mol. The summed E-state index contributed by atoms with van der Waals surface area (Å²) in [6.07, 6.45) is -4.08. The van der Waals surface area contributed by atoms with E-state index in [4.69, 9.17) is 0 Å². The predicted molar refractivity (Wildman–Crippen MR) is 47.1 cm³/mol. The standard InChI is InChI=1S/C9H16F3NO/c1-14-8(9(10,11)12)6-7-2-4-13-5-3-7/h7-8,13H,2-6H2,1H3. The lowest BCUT2D eigenvalue weighted by Crippen LogP contribution is -2.36. The number of hydrogen-bond acceptors (Lipinski definition) is 2. The minimum atomic E-state index is -4.22. The van der Waals surface area contributed by atoms with Gasteiger partial charge >= 0.3 is 6.18 Å². The fourth-order valence-corrected chi connectivity index (χ4v) is 1.78. The van der Waals surface area contributed by atoms with Gasteiger partial charge in [-0.15, -0.1) is 0 Å². The van der Waals surface area contributed by atoms with Crippen molar-refractivity contribution in [1.29, 1.82) is 0 Å². The third kappa shape index (κ3) is 3.46. The summed E-state index contributed by atoms with van der Waals surface area (Å²) >= 11 is 0. The Kier molecular flexibility index (Phi) is 4.19. The molecule has 0 aliphatic carbocycles. The molecule has 0 bridgehead atoms. The molecule has 0 saturated carbocycles. The number of methoxy groups -OCH3 is 1. The Balaban J connectivity index is 2.39. The minimum absolute atomic E-state index is 0.0989. The van der Waals surface area contributed by atoms with Crippen LogP contribution in [0, 0.1) is 5.92 Å². The van der Waals surface area contributed by atoms with Crippen molar-refractivity contribution in [3.05, 3.63) is 0 Å². The number of rotatable bonds is 3. The lowest BCUT2D eigenvalue weighted by Gasteiger charge is -2.27. The van der Waals surface area contributed by atoms with Gasteiger partial charge in [0.25, 0.3) is 0 Å². The average Bonchev–Trinajstić information content (AvgIpc) is 2.14. The van der Waals surface area contributed by atoms with E-state index in [1.807, 2.05) is 0 Å². The highest BCUT2D eigenvalue weighted by atomic mass is 19.4. The Morgan fingerprint density at radius 3 is 2.36 bits per heavy atom. The van der Waals surface area contributed by atoms with Gasteiger partial charge in [-0.05, 0) is 38.3 Å². The van der Waals surface area contributed by atoms with Crippen LogP contribution in [0.15, 0.2) is 0 Å². The van der Waals surface area contributed by atoms with Gasteiger partial charge in [-0.25, -0.2) is 0 Å². The van der Waals surface area contributed by atoms with E-state index in [1.165, 1.54) is 0 Å². The summed E-state index contributed by atoms with van der Waals surface area (Å²) in [6, 6.07) is 0. The second kappa shape index (κ2) is 4.98. The molecular formula is C9H16F3NO. The molecule has 1 saturated heterocycles. The molecule has 5 heteroatoms. The molecule has 1 N–H and O–H groups in total. The van der Waals surface area contributed by atoms with Crippen molar-refractivity contribution < 1.29 is 17.9 Å². The summed E-state index contributed by atoms with van der Waals surface area (Å²) in [7, 11) is 1.12. The first-order valence-corrected chi connectivity index (χ1v) is 4.84. The maximum Gasteiger partial charge on any atom is 0.414 e. The lowest BCUT2D eigenvalue weighted by molar-refractivity contribution is -0.217. The smallest absolute Gasteiger partial charge is 0.372 e. The molecule has 1 rings (SSSR count). The highest BCUT2D eigenvalue weighted by Gasteiger charge is 2.41.